The molecule has 9 heteroatoms. The molecule has 0 atom stereocenters. The first kappa shape index (κ1) is 33.4. The van der Waals surface area contributed by atoms with Crippen molar-refractivity contribution in [2.75, 3.05) is 19.0 Å². The molecule has 3 N–H and O–H groups in total. The summed E-state index contributed by atoms with van der Waals surface area (Å²) < 4.78 is 14.1. The second-order valence-electron chi connectivity index (χ2n) is 13.8. The molecule has 2 heterocycles. The van der Waals surface area contributed by atoms with E-state index in [9.17, 15) is 19.5 Å². The number of hydrogen-bond acceptors (Lipinski definition) is 5. The lowest BCUT2D eigenvalue weighted by Crippen LogP contribution is -2.55. The van der Waals surface area contributed by atoms with Gasteiger partial charge in [-0.3, -0.25) is 9.59 Å². The van der Waals surface area contributed by atoms with Gasteiger partial charge in [0.05, 0.1) is 30.4 Å². The zero-order valence-electron chi connectivity index (χ0n) is 28.8. The average molecular weight is 676 g/mol. The molecule has 2 aliphatic carbocycles. The number of carboxylic acids is 1. The summed E-state index contributed by atoms with van der Waals surface area (Å²) in [6.07, 6.45) is 10.7. The van der Waals surface area contributed by atoms with Crippen LogP contribution in [0.4, 0.5) is 5.69 Å². The lowest BCUT2D eigenvalue weighted by atomic mass is 9.81. The summed E-state index contributed by atoms with van der Waals surface area (Å²) in [7, 11) is 1.68. The Morgan fingerprint density at radius 1 is 0.960 bits per heavy atom. The zero-order chi connectivity index (χ0) is 34.8. The molecule has 4 aromatic rings. The molecule has 3 aromatic carbocycles. The molecule has 7 rings (SSSR count). The van der Waals surface area contributed by atoms with Gasteiger partial charge in [0.2, 0.25) is 5.91 Å². The molecule has 3 aliphatic rings. The molecule has 260 valence electrons. The summed E-state index contributed by atoms with van der Waals surface area (Å²) in [6.45, 7) is 2.92. The van der Waals surface area contributed by atoms with Crippen LogP contribution < -0.4 is 20.1 Å². The van der Waals surface area contributed by atoms with Crippen LogP contribution in [0.1, 0.15) is 98.5 Å². The van der Waals surface area contributed by atoms with Crippen molar-refractivity contribution < 1.29 is 29.0 Å². The topological polar surface area (TPSA) is 119 Å². The van der Waals surface area contributed by atoms with Crippen molar-refractivity contribution in [2.24, 2.45) is 0 Å². The highest BCUT2D eigenvalue weighted by molar-refractivity contribution is 6.09. The van der Waals surface area contributed by atoms with Gasteiger partial charge in [-0.2, -0.15) is 0 Å². The monoisotopic (exact) mass is 675 g/mol. The molecule has 2 fully saturated rings. The average Bonchev–Trinajstić information content (AvgIpc) is 3.76. The SMILES string of the molecule is CCC(=Cc1ccc(NC(=O)C2(NC(=O)c3ccc4c(C5CCCCC5)c(-c5ccc(OC)cc5)n5c4c3OCC5)CCCC2)cc1)C(=O)O. The summed E-state index contributed by atoms with van der Waals surface area (Å²) in [4.78, 5) is 39.6. The predicted molar refractivity (Wildman–Crippen MR) is 195 cm³/mol. The Bertz CT molecular complexity index is 1940. The van der Waals surface area contributed by atoms with Gasteiger partial charge in [-0.05, 0) is 103 Å². The van der Waals surface area contributed by atoms with Gasteiger partial charge in [0.15, 0.2) is 5.75 Å². The number of amides is 2. The van der Waals surface area contributed by atoms with E-state index in [2.05, 4.69) is 33.4 Å². The molecule has 9 nitrogen and oxygen atoms in total. The number of carbonyl (C=O) groups excluding carboxylic acids is 2. The van der Waals surface area contributed by atoms with Crippen LogP contribution in [0.25, 0.3) is 28.2 Å². The van der Waals surface area contributed by atoms with Gasteiger partial charge in [0.1, 0.15) is 17.9 Å². The van der Waals surface area contributed by atoms with E-state index in [1.54, 1.807) is 44.4 Å². The van der Waals surface area contributed by atoms with E-state index in [-0.39, 0.29) is 11.8 Å². The molecule has 0 radical (unpaired) electrons. The highest BCUT2D eigenvalue weighted by Gasteiger charge is 2.43. The maximum absolute atomic E-state index is 14.2. The number of aliphatic carboxylic acids is 1. The Morgan fingerprint density at radius 3 is 2.34 bits per heavy atom. The number of rotatable bonds is 10. The quantitative estimate of drug-likeness (QED) is 0.146. The van der Waals surface area contributed by atoms with Crippen LogP contribution in [0, 0.1) is 0 Å². The maximum atomic E-state index is 14.2. The van der Waals surface area contributed by atoms with Gasteiger partial charge in [-0.15, -0.1) is 0 Å². The van der Waals surface area contributed by atoms with Crippen molar-refractivity contribution in [3.8, 4) is 22.8 Å². The number of nitrogens with zero attached hydrogens (tertiary/aromatic N) is 1. The zero-order valence-corrected chi connectivity index (χ0v) is 28.8. The van der Waals surface area contributed by atoms with E-state index in [1.165, 1.54) is 30.5 Å². The number of hydrogen-bond donors (Lipinski definition) is 3. The molecule has 0 bridgehead atoms. The molecular weight excluding hydrogens is 630 g/mol. The largest absolute Gasteiger partial charge is 0.497 e. The highest BCUT2D eigenvalue weighted by Crippen LogP contribution is 2.48. The fourth-order valence-electron chi connectivity index (χ4n) is 8.20. The van der Waals surface area contributed by atoms with Crippen molar-refractivity contribution in [1.29, 1.82) is 0 Å². The third-order valence-electron chi connectivity index (χ3n) is 10.8. The summed E-state index contributed by atoms with van der Waals surface area (Å²) in [6, 6.07) is 19.3. The Morgan fingerprint density at radius 2 is 1.68 bits per heavy atom. The summed E-state index contributed by atoms with van der Waals surface area (Å²) >= 11 is 0. The molecule has 1 aliphatic heterocycles. The van der Waals surface area contributed by atoms with Gasteiger partial charge in [0, 0.05) is 16.6 Å². The smallest absolute Gasteiger partial charge is 0.331 e. The highest BCUT2D eigenvalue weighted by atomic mass is 16.5. The lowest BCUT2D eigenvalue weighted by molar-refractivity contribution is -0.132. The number of ether oxygens (including phenoxy) is 2. The van der Waals surface area contributed by atoms with Crippen molar-refractivity contribution in [1.82, 2.24) is 9.88 Å². The number of anilines is 1. The fraction of sp³-hybridized carbons (Fsp3) is 0.390. The maximum Gasteiger partial charge on any atom is 0.331 e. The van der Waals surface area contributed by atoms with E-state index in [0.717, 1.165) is 53.5 Å². The number of carbonyl (C=O) groups is 3. The Hall–Kier alpha value is -5.05. The molecule has 0 spiro atoms. The lowest BCUT2D eigenvalue weighted by Gasteiger charge is -2.30. The molecule has 1 aromatic heterocycles. The minimum atomic E-state index is -1.06. The number of methoxy groups -OCH3 is 1. The van der Waals surface area contributed by atoms with Crippen molar-refractivity contribution in [3.05, 3.63) is 82.9 Å². The number of carboxylic acid groups (broad SMARTS) is 1. The van der Waals surface area contributed by atoms with Crippen LogP contribution in [0.15, 0.2) is 66.2 Å². The van der Waals surface area contributed by atoms with Crippen LogP contribution in [-0.4, -0.2) is 46.7 Å². The van der Waals surface area contributed by atoms with Gasteiger partial charge in [0.25, 0.3) is 5.91 Å². The van der Waals surface area contributed by atoms with Gasteiger partial charge in [-0.1, -0.05) is 57.2 Å². The Balaban J connectivity index is 1.21. The minimum Gasteiger partial charge on any atom is -0.497 e. The summed E-state index contributed by atoms with van der Waals surface area (Å²) in [5, 5.41) is 16.7. The standard InChI is InChI=1S/C41H45N3O6/c1-3-27(39(46)47)25-26-11-15-30(16-12-26)42-40(48)41(21-7-8-22-41)43-38(45)33-20-19-32-34(28-9-5-4-6-10-28)35(29-13-17-31(49-2)18-14-29)44-23-24-50-37(33)36(32)44/h11-20,25,28H,3-10,21-24H2,1-2H3,(H,42,48)(H,43,45)(H,46,47). The third kappa shape index (κ3) is 6.25. The normalized spacial score (nSPS) is 17.3. The van der Waals surface area contributed by atoms with Crippen LogP contribution in [-0.2, 0) is 16.1 Å². The van der Waals surface area contributed by atoms with Crippen molar-refractivity contribution >= 4 is 40.4 Å². The molecular formula is C41H45N3O6. The third-order valence-corrected chi connectivity index (χ3v) is 10.8. The molecule has 2 saturated carbocycles. The first-order valence-electron chi connectivity index (χ1n) is 18.0. The van der Waals surface area contributed by atoms with E-state index in [1.807, 2.05) is 18.2 Å². The number of benzene rings is 3. The van der Waals surface area contributed by atoms with Crippen LogP contribution in [0.2, 0.25) is 0 Å². The Labute approximate surface area is 292 Å². The molecule has 50 heavy (non-hydrogen) atoms. The fourth-order valence-corrected chi connectivity index (χ4v) is 8.20. The Kier molecular flexibility index (Phi) is 9.40. The van der Waals surface area contributed by atoms with E-state index >= 15 is 0 Å². The van der Waals surface area contributed by atoms with Crippen LogP contribution >= 0.6 is 0 Å². The first-order valence-corrected chi connectivity index (χ1v) is 18.0. The predicted octanol–water partition coefficient (Wildman–Crippen LogP) is 8.32. The van der Waals surface area contributed by atoms with E-state index < -0.39 is 11.5 Å². The van der Waals surface area contributed by atoms with Gasteiger partial charge >= 0.3 is 5.97 Å². The molecule has 0 saturated heterocycles. The van der Waals surface area contributed by atoms with Crippen LogP contribution in [0.3, 0.4) is 0 Å². The molecule has 0 unspecified atom stereocenters. The van der Waals surface area contributed by atoms with Gasteiger partial charge in [-0.25, -0.2) is 4.79 Å². The van der Waals surface area contributed by atoms with E-state index in [0.29, 0.717) is 60.9 Å². The van der Waals surface area contributed by atoms with E-state index in [4.69, 9.17) is 9.47 Å². The second kappa shape index (κ2) is 14.1. The second-order valence-corrected chi connectivity index (χ2v) is 13.8. The number of nitrogens with one attached hydrogen (secondary N) is 2. The summed E-state index contributed by atoms with van der Waals surface area (Å²) in [5.74, 6) is 0.292. The summed E-state index contributed by atoms with van der Waals surface area (Å²) in [5.41, 5.74) is 5.61. The molecule has 2 amide bonds. The minimum absolute atomic E-state index is 0.258. The van der Waals surface area contributed by atoms with Crippen molar-refractivity contribution in [2.45, 2.75) is 89.1 Å². The van der Waals surface area contributed by atoms with Gasteiger partial charge < -0.3 is 29.8 Å². The van der Waals surface area contributed by atoms with Crippen molar-refractivity contribution in [3.63, 3.8) is 0 Å². The number of aromatic nitrogens is 1. The first-order chi connectivity index (χ1) is 24.3. The van der Waals surface area contributed by atoms with Crippen LogP contribution in [0.5, 0.6) is 11.5 Å².